The lowest BCUT2D eigenvalue weighted by atomic mass is 10.1. The van der Waals surface area contributed by atoms with Gasteiger partial charge < -0.3 is 10.3 Å². The zero-order chi connectivity index (χ0) is 13.7. The van der Waals surface area contributed by atoms with Crippen LogP contribution in [0.2, 0.25) is 5.15 Å². The van der Waals surface area contributed by atoms with E-state index in [9.17, 15) is 0 Å². The molecule has 1 aliphatic heterocycles. The van der Waals surface area contributed by atoms with Crippen LogP contribution in [-0.2, 0) is 13.0 Å². The standard InChI is InChI=1S/C14H12ClN5/c15-12-4-3-8-10(19-12)2-1-5-20-11(8)6-9-13(16)17-7-18-14(9)20/h3-4,6-7H,1-2,5H2,(H2,16,17,18). The number of pyridine rings is 1. The molecule has 0 aliphatic carbocycles. The van der Waals surface area contributed by atoms with Gasteiger partial charge >= 0.3 is 0 Å². The van der Waals surface area contributed by atoms with Crippen molar-refractivity contribution in [2.24, 2.45) is 0 Å². The molecule has 0 spiro atoms. The Labute approximate surface area is 120 Å². The van der Waals surface area contributed by atoms with Crippen LogP contribution in [0.25, 0.3) is 22.3 Å². The van der Waals surface area contributed by atoms with E-state index in [1.165, 1.54) is 6.33 Å². The lowest BCUT2D eigenvalue weighted by Gasteiger charge is -2.07. The normalized spacial score (nSPS) is 13.8. The number of aromatic nitrogens is 4. The first-order valence-electron chi connectivity index (χ1n) is 6.49. The lowest BCUT2D eigenvalue weighted by Crippen LogP contribution is -2.00. The van der Waals surface area contributed by atoms with Gasteiger partial charge in [0.2, 0.25) is 0 Å². The van der Waals surface area contributed by atoms with E-state index in [0.29, 0.717) is 11.0 Å². The number of hydrogen-bond acceptors (Lipinski definition) is 4. The number of fused-ring (bicyclic) bond motifs is 5. The van der Waals surface area contributed by atoms with Crippen molar-refractivity contribution in [2.45, 2.75) is 19.4 Å². The Balaban J connectivity index is 2.07. The van der Waals surface area contributed by atoms with Crippen LogP contribution in [0.1, 0.15) is 12.1 Å². The van der Waals surface area contributed by atoms with E-state index in [2.05, 4.69) is 19.5 Å². The van der Waals surface area contributed by atoms with Crippen molar-refractivity contribution in [3.8, 4) is 11.3 Å². The van der Waals surface area contributed by atoms with E-state index in [1.54, 1.807) is 0 Å². The Morgan fingerprint density at radius 2 is 2.15 bits per heavy atom. The van der Waals surface area contributed by atoms with Crippen LogP contribution in [0.15, 0.2) is 24.5 Å². The van der Waals surface area contributed by atoms with E-state index < -0.39 is 0 Å². The van der Waals surface area contributed by atoms with Crippen LogP contribution in [0.3, 0.4) is 0 Å². The molecule has 100 valence electrons. The first kappa shape index (κ1) is 11.7. The van der Waals surface area contributed by atoms with Crippen LogP contribution in [-0.4, -0.2) is 19.5 Å². The van der Waals surface area contributed by atoms with Gasteiger partial charge in [-0.2, -0.15) is 0 Å². The second-order valence-electron chi connectivity index (χ2n) is 4.91. The molecule has 0 radical (unpaired) electrons. The summed E-state index contributed by atoms with van der Waals surface area (Å²) in [5.74, 6) is 0.513. The highest BCUT2D eigenvalue weighted by Crippen LogP contribution is 2.34. The first-order valence-corrected chi connectivity index (χ1v) is 6.87. The van der Waals surface area contributed by atoms with Crippen LogP contribution >= 0.6 is 11.6 Å². The molecular formula is C14H12ClN5. The molecule has 5 nitrogen and oxygen atoms in total. The monoisotopic (exact) mass is 285 g/mol. The molecule has 0 bridgehead atoms. The Morgan fingerprint density at radius 3 is 3.05 bits per heavy atom. The van der Waals surface area contributed by atoms with Crippen molar-refractivity contribution in [3.05, 3.63) is 35.4 Å². The van der Waals surface area contributed by atoms with Crippen molar-refractivity contribution in [1.82, 2.24) is 19.5 Å². The summed E-state index contributed by atoms with van der Waals surface area (Å²) in [5.41, 5.74) is 10.1. The Hall–Kier alpha value is -2.14. The van der Waals surface area contributed by atoms with Crippen LogP contribution in [0.4, 0.5) is 5.82 Å². The van der Waals surface area contributed by atoms with Gasteiger partial charge in [0.1, 0.15) is 22.9 Å². The van der Waals surface area contributed by atoms with E-state index in [1.807, 2.05) is 18.2 Å². The third-order valence-corrected chi connectivity index (χ3v) is 3.94. The SMILES string of the molecule is Nc1ncnc2c1cc1n2CCCc2nc(Cl)ccc2-1. The smallest absolute Gasteiger partial charge is 0.145 e. The first-order chi connectivity index (χ1) is 9.74. The van der Waals surface area contributed by atoms with Crippen molar-refractivity contribution >= 4 is 28.5 Å². The average molecular weight is 286 g/mol. The highest BCUT2D eigenvalue weighted by Gasteiger charge is 2.20. The van der Waals surface area contributed by atoms with Crippen LogP contribution in [0, 0.1) is 0 Å². The quantitative estimate of drug-likeness (QED) is 0.645. The molecule has 0 saturated heterocycles. The number of rotatable bonds is 0. The van der Waals surface area contributed by atoms with Gasteiger partial charge in [-0.25, -0.2) is 15.0 Å². The fourth-order valence-corrected chi connectivity index (χ4v) is 3.00. The summed E-state index contributed by atoms with van der Waals surface area (Å²) in [7, 11) is 0. The second-order valence-corrected chi connectivity index (χ2v) is 5.30. The second kappa shape index (κ2) is 4.18. The highest BCUT2D eigenvalue weighted by molar-refractivity contribution is 6.29. The fourth-order valence-electron chi connectivity index (χ4n) is 2.83. The molecule has 0 amide bonds. The maximum Gasteiger partial charge on any atom is 0.145 e. The maximum absolute atomic E-state index is 6.00. The van der Waals surface area contributed by atoms with Crippen LogP contribution in [0.5, 0.6) is 0 Å². The molecule has 0 saturated carbocycles. The van der Waals surface area contributed by atoms with Gasteiger partial charge in [-0.3, -0.25) is 0 Å². The van der Waals surface area contributed by atoms with Crippen molar-refractivity contribution in [3.63, 3.8) is 0 Å². The third kappa shape index (κ3) is 1.59. The minimum atomic E-state index is 0.513. The summed E-state index contributed by atoms with van der Waals surface area (Å²) in [4.78, 5) is 12.9. The van der Waals surface area contributed by atoms with Crippen molar-refractivity contribution in [2.75, 3.05) is 5.73 Å². The van der Waals surface area contributed by atoms with Gasteiger partial charge in [-0.05, 0) is 31.0 Å². The zero-order valence-electron chi connectivity index (χ0n) is 10.7. The maximum atomic E-state index is 6.00. The average Bonchev–Trinajstić information content (AvgIpc) is 2.71. The molecule has 4 heterocycles. The molecule has 4 rings (SSSR count). The molecule has 0 fully saturated rings. The summed E-state index contributed by atoms with van der Waals surface area (Å²) >= 11 is 6.00. The van der Waals surface area contributed by atoms with Gasteiger partial charge in [-0.15, -0.1) is 0 Å². The highest BCUT2D eigenvalue weighted by atomic mass is 35.5. The molecule has 6 heteroatoms. The summed E-state index contributed by atoms with van der Waals surface area (Å²) in [6.07, 6.45) is 3.43. The summed E-state index contributed by atoms with van der Waals surface area (Å²) in [5, 5.41) is 1.43. The van der Waals surface area contributed by atoms with Gasteiger partial charge in [0.25, 0.3) is 0 Å². The predicted octanol–water partition coefficient (Wildman–Crippen LogP) is 2.68. The van der Waals surface area contributed by atoms with E-state index in [0.717, 1.165) is 47.4 Å². The number of anilines is 1. The number of nitrogens with zero attached hydrogens (tertiary/aromatic N) is 4. The number of nitrogens with two attached hydrogens (primary N) is 1. The predicted molar refractivity (Wildman–Crippen MR) is 78.5 cm³/mol. The third-order valence-electron chi connectivity index (χ3n) is 3.73. The summed E-state index contributed by atoms with van der Waals surface area (Å²) < 4.78 is 2.19. The number of halogens is 1. The van der Waals surface area contributed by atoms with Gasteiger partial charge in [-0.1, -0.05) is 11.6 Å². The Kier molecular flexibility index (Phi) is 2.44. The number of hydrogen-bond donors (Lipinski definition) is 1. The van der Waals surface area contributed by atoms with E-state index in [-0.39, 0.29) is 0 Å². The van der Waals surface area contributed by atoms with E-state index >= 15 is 0 Å². The molecule has 0 unspecified atom stereocenters. The molecule has 0 aromatic carbocycles. The molecular weight excluding hydrogens is 274 g/mol. The van der Waals surface area contributed by atoms with Crippen LogP contribution < -0.4 is 5.73 Å². The molecule has 0 atom stereocenters. The van der Waals surface area contributed by atoms with Gasteiger partial charge in [0.05, 0.1) is 16.8 Å². The lowest BCUT2D eigenvalue weighted by molar-refractivity contribution is 0.670. The molecule has 3 aromatic rings. The Bertz CT molecular complexity index is 824. The van der Waals surface area contributed by atoms with E-state index in [4.69, 9.17) is 17.3 Å². The summed E-state index contributed by atoms with van der Waals surface area (Å²) in [6, 6.07) is 5.89. The van der Waals surface area contributed by atoms with Gasteiger partial charge in [0.15, 0.2) is 0 Å². The zero-order valence-corrected chi connectivity index (χ0v) is 11.4. The topological polar surface area (TPSA) is 69.6 Å². The number of aryl methyl sites for hydroxylation is 2. The molecule has 20 heavy (non-hydrogen) atoms. The summed E-state index contributed by atoms with van der Waals surface area (Å²) in [6.45, 7) is 0.892. The molecule has 3 aromatic heterocycles. The molecule has 2 N–H and O–H groups in total. The minimum Gasteiger partial charge on any atom is -0.383 e. The molecule has 1 aliphatic rings. The van der Waals surface area contributed by atoms with Gasteiger partial charge in [0, 0.05) is 12.1 Å². The minimum absolute atomic E-state index is 0.513. The van der Waals surface area contributed by atoms with Crippen molar-refractivity contribution in [1.29, 1.82) is 0 Å². The number of nitrogen functional groups attached to an aromatic ring is 1. The van der Waals surface area contributed by atoms with Crippen molar-refractivity contribution < 1.29 is 0 Å². The largest absolute Gasteiger partial charge is 0.383 e. The fraction of sp³-hybridized carbons (Fsp3) is 0.214. The Morgan fingerprint density at radius 1 is 1.25 bits per heavy atom.